The minimum atomic E-state index is -2.81. The first-order valence-electron chi connectivity index (χ1n) is 14.1. The van der Waals surface area contributed by atoms with Gasteiger partial charge in [0.15, 0.2) is 34.7 Å². The Morgan fingerprint density at radius 3 is 2.35 bits per heavy atom. The summed E-state index contributed by atoms with van der Waals surface area (Å²) in [4.78, 5) is 84.2. The number of Topliss-reactive ketones (excluding diaryl/α,β-unsaturated/α-hetero) is 4. The molecule has 0 radical (unpaired) electrons. The Morgan fingerprint density at radius 1 is 1.16 bits per heavy atom. The highest BCUT2D eigenvalue weighted by molar-refractivity contribution is 6.32. The smallest absolute Gasteiger partial charge is 0.410 e. The molecule has 2 amide bonds. The number of ketones is 4. The average Bonchev–Trinajstić information content (AvgIpc) is 2.91. The molecular formula is C30H38N4O9. The molecule has 4 rings (SSSR count). The Hall–Kier alpha value is -4.10. The van der Waals surface area contributed by atoms with Crippen LogP contribution in [0.25, 0.3) is 0 Å². The number of nitrogens with two attached hydrogens (primary N) is 1. The molecule has 1 aromatic rings. The third kappa shape index (κ3) is 4.89. The van der Waals surface area contributed by atoms with E-state index in [9.17, 15) is 39.0 Å². The summed E-state index contributed by atoms with van der Waals surface area (Å²) in [5.74, 6) is -11.2. The second-order valence-corrected chi connectivity index (χ2v) is 11.8. The van der Waals surface area contributed by atoms with Crippen LogP contribution in [0.2, 0.25) is 0 Å². The van der Waals surface area contributed by atoms with E-state index in [1.165, 1.54) is 30.0 Å². The molecule has 0 spiro atoms. The highest BCUT2D eigenvalue weighted by Gasteiger charge is 2.69. The SMILES string of the molecule is C=CCN(Cc1cc(N(C)C)c2c(c1O)C(=O)C1C(=O)[C@]3(O)C(=O)C(C(N)=O)C(=O)[C@@H](N(C)C)[C@@H]3C[C@@H]1C2)C(=O)OCC. The Kier molecular flexibility index (Phi) is 8.53. The predicted octanol–water partition coefficient (Wildman–Crippen LogP) is 0.0775. The summed E-state index contributed by atoms with van der Waals surface area (Å²) >= 11 is 0. The summed E-state index contributed by atoms with van der Waals surface area (Å²) in [6, 6.07) is 0.482. The average molecular weight is 599 g/mol. The van der Waals surface area contributed by atoms with E-state index < -0.39 is 76.2 Å². The van der Waals surface area contributed by atoms with Gasteiger partial charge in [-0.3, -0.25) is 28.9 Å². The van der Waals surface area contributed by atoms with Crippen LogP contribution in [0.4, 0.5) is 10.5 Å². The number of primary amides is 1. The van der Waals surface area contributed by atoms with Gasteiger partial charge in [-0.2, -0.15) is 0 Å². The molecule has 13 nitrogen and oxygen atoms in total. The van der Waals surface area contributed by atoms with Gasteiger partial charge in [0.2, 0.25) is 5.91 Å². The number of aliphatic hydroxyl groups is 1. The number of hydrogen-bond acceptors (Lipinski definition) is 11. The molecule has 0 saturated heterocycles. The second-order valence-electron chi connectivity index (χ2n) is 11.8. The summed E-state index contributed by atoms with van der Waals surface area (Å²) in [6.45, 7) is 5.38. The van der Waals surface area contributed by atoms with Crippen LogP contribution in [0, 0.1) is 23.7 Å². The van der Waals surface area contributed by atoms with Crippen molar-refractivity contribution in [1.82, 2.24) is 9.80 Å². The Labute approximate surface area is 249 Å². The third-order valence-electron chi connectivity index (χ3n) is 8.84. The normalized spacial score (nSPS) is 28.1. The van der Waals surface area contributed by atoms with E-state index in [1.54, 1.807) is 32.0 Å². The third-order valence-corrected chi connectivity index (χ3v) is 8.84. The monoisotopic (exact) mass is 598 g/mol. The number of likely N-dealkylation sites (N-methyl/N-ethyl adjacent to an activating group) is 1. The number of aromatic hydroxyl groups is 1. The molecule has 0 aromatic heterocycles. The summed E-state index contributed by atoms with van der Waals surface area (Å²) in [5, 5.41) is 23.2. The molecule has 0 heterocycles. The fraction of sp³-hybridized carbons (Fsp3) is 0.533. The van der Waals surface area contributed by atoms with Gasteiger partial charge in [0.25, 0.3) is 0 Å². The topological polar surface area (TPSA) is 188 Å². The highest BCUT2D eigenvalue weighted by atomic mass is 16.6. The number of fused-ring (bicyclic) bond motifs is 3. The first-order valence-corrected chi connectivity index (χ1v) is 14.1. The lowest BCUT2D eigenvalue weighted by Crippen LogP contribution is -2.74. The molecule has 2 saturated carbocycles. The number of ether oxygens (including phenoxy) is 1. The molecule has 3 aliphatic rings. The van der Waals surface area contributed by atoms with Gasteiger partial charge in [-0.15, -0.1) is 6.58 Å². The predicted molar refractivity (Wildman–Crippen MR) is 153 cm³/mol. The number of hydrogen-bond donors (Lipinski definition) is 3. The van der Waals surface area contributed by atoms with Crippen LogP contribution < -0.4 is 10.6 Å². The molecule has 232 valence electrons. The zero-order valence-corrected chi connectivity index (χ0v) is 25.0. The minimum Gasteiger partial charge on any atom is -0.507 e. The number of benzene rings is 1. The van der Waals surface area contributed by atoms with Crippen molar-refractivity contribution >= 4 is 40.8 Å². The lowest BCUT2D eigenvalue weighted by Gasteiger charge is -2.52. The lowest BCUT2D eigenvalue weighted by molar-refractivity contribution is -0.181. The van der Waals surface area contributed by atoms with Gasteiger partial charge in [-0.25, -0.2) is 4.79 Å². The zero-order valence-electron chi connectivity index (χ0n) is 25.0. The maximum Gasteiger partial charge on any atom is 0.410 e. The van der Waals surface area contributed by atoms with Crippen molar-refractivity contribution in [3.05, 3.63) is 35.4 Å². The summed E-state index contributed by atoms with van der Waals surface area (Å²) in [5.41, 5.74) is 3.67. The summed E-state index contributed by atoms with van der Waals surface area (Å²) < 4.78 is 5.11. The molecule has 43 heavy (non-hydrogen) atoms. The Balaban J connectivity index is 1.86. The van der Waals surface area contributed by atoms with Crippen molar-refractivity contribution in [2.24, 2.45) is 29.4 Å². The van der Waals surface area contributed by atoms with Crippen LogP contribution in [0.3, 0.4) is 0 Å². The Bertz CT molecular complexity index is 1420. The van der Waals surface area contributed by atoms with E-state index in [-0.39, 0.29) is 43.7 Å². The number of anilines is 1. The molecule has 2 fully saturated rings. The van der Waals surface area contributed by atoms with E-state index in [0.29, 0.717) is 11.3 Å². The van der Waals surface area contributed by atoms with Crippen LogP contribution in [0.1, 0.15) is 34.8 Å². The van der Waals surface area contributed by atoms with E-state index in [0.717, 1.165) is 0 Å². The number of phenols is 1. The van der Waals surface area contributed by atoms with Crippen molar-refractivity contribution in [1.29, 1.82) is 0 Å². The van der Waals surface area contributed by atoms with Crippen molar-refractivity contribution in [2.75, 3.05) is 46.2 Å². The van der Waals surface area contributed by atoms with Gasteiger partial charge in [-0.05, 0) is 51.4 Å². The molecule has 0 bridgehead atoms. The maximum atomic E-state index is 14.2. The Morgan fingerprint density at radius 2 is 1.81 bits per heavy atom. The van der Waals surface area contributed by atoms with E-state index in [4.69, 9.17) is 10.5 Å². The summed E-state index contributed by atoms with van der Waals surface area (Å²) in [7, 11) is 6.55. The van der Waals surface area contributed by atoms with Crippen LogP contribution in [0.15, 0.2) is 18.7 Å². The van der Waals surface area contributed by atoms with Crippen LogP contribution in [-0.2, 0) is 36.9 Å². The zero-order chi connectivity index (χ0) is 32.1. The lowest BCUT2D eigenvalue weighted by atomic mass is 9.52. The summed E-state index contributed by atoms with van der Waals surface area (Å²) in [6.07, 6.45) is 0.910. The molecule has 3 aliphatic carbocycles. The van der Waals surface area contributed by atoms with Crippen molar-refractivity contribution < 1.29 is 43.7 Å². The number of amides is 2. The van der Waals surface area contributed by atoms with Gasteiger partial charge in [-0.1, -0.05) is 6.08 Å². The second kappa shape index (κ2) is 11.5. The molecule has 6 atom stereocenters. The molecule has 4 N–H and O–H groups in total. The van der Waals surface area contributed by atoms with Crippen LogP contribution in [-0.4, -0.2) is 108 Å². The van der Waals surface area contributed by atoms with E-state index in [1.807, 2.05) is 0 Å². The molecule has 1 aromatic carbocycles. The standard InChI is InChI=1S/C30H38N4O9/c1-7-9-34(29(41)43-8-2)13-15-12-18(32(3)4)16-10-14-11-17-22(33(5)6)25(37)21(28(31)40)27(39)30(17,42)26(38)19(14)24(36)20(16)23(15)35/h7,12,14,17,19,21-22,35,42H,1,8-11,13H2,2-6H3,(H2,31,40)/t14-,17-,19?,21?,22-,30-/m0/s1. The van der Waals surface area contributed by atoms with E-state index >= 15 is 0 Å². The number of nitrogens with zero attached hydrogens (tertiary/aromatic N) is 3. The number of carbonyl (C=O) groups is 6. The minimum absolute atomic E-state index is 0.0464. The fourth-order valence-corrected chi connectivity index (χ4v) is 7.01. The largest absolute Gasteiger partial charge is 0.507 e. The van der Waals surface area contributed by atoms with Crippen molar-refractivity contribution in [3.63, 3.8) is 0 Å². The van der Waals surface area contributed by atoms with Crippen LogP contribution in [0.5, 0.6) is 5.75 Å². The first-order chi connectivity index (χ1) is 20.1. The number of rotatable bonds is 8. The van der Waals surface area contributed by atoms with Crippen LogP contribution >= 0.6 is 0 Å². The van der Waals surface area contributed by atoms with Gasteiger partial charge < -0.3 is 30.5 Å². The quantitative estimate of drug-likeness (QED) is 0.272. The highest BCUT2D eigenvalue weighted by Crippen LogP contribution is 2.52. The maximum absolute atomic E-state index is 14.2. The molecular weight excluding hydrogens is 560 g/mol. The fourth-order valence-electron chi connectivity index (χ4n) is 7.01. The molecule has 13 heteroatoms. The van der Waals surface area contributed by atoms with Gasteiger partial charge in [0, 0.05) is 37.8 Å². The van der Waals surface area contributed by atoms with Gasteiger partial charge >= 0.3 is 6.09 Å². The van der Waals surface area contributed by atoms with Crippen molar-refractivity contribution in [2.45, 2.75) is 38.0 Å². The van der Waals surface area contributed by atoms with E-state index in [2.05, 4.69) is 6.58 Å². The molecule has 2 unspecified atom stereocenters. The number of carbonyl (C=O) groups excluding carboxylic acids is 6. The molecule has 0 aliphatic heterocycles. The van der Waals surface area contributed by atoms with Crippen molar-refractivity contribution in [3.8, 4) is 5.75 Å². The van der Waals surface area contributed by atoms with Gasteiger partial charge in [0.1, 0.15) is 5.75 Å². The van der Waals surface area contributed by atoms with Gasteiger partial charge in [0.05, 0.1) is 30.7 Å². The first kappa shape index (κ1) is 31.8. The number of phenolic OH excluding ortho intramolecular Hbond substituents is 1.